The van der Waals surface area contributed by atoms with E-state index in [1.165, 1.54) is 28.6 Å². The first-order valence-corrected chi connectivity index (χ1v) is 11.8. The van der Waals surface area contributed by atoms with Gasteiger partial charge in [0.15, 0.2) is 0 Å². The average molecular weight is 473 g/mol. The van der Waals surface area contributed by atoms with Crippen molar-refractivity contribution in [3.05, 3.63) is 94.5 Å². The van der Waals surface area contributed by atoms with E-state index in [1.54, 1.807) is 13.2 Å². The molecule has 3 aromatic rings. The van der Waals surface area contributed by atoms with Crippen LogP contribution in [0, 0.1) is 6.92 Å². The van der Waals surface area contributed by atoms with Crippen LogP contribution in [0.3, 0.4) is 0 Å². The van der Waals surface area contributed by atoms with Crippen molar-refractivity contribution in [2.24, 2.45) is 0 Å². The summed E-state index contributed by atoms with van der Waals surface area (Å²) in [6.07, 6.45) is 0. The Kier molecular flexibility index (Phi) is 7.90. The van der Waals surface area contributed by atoms with Gasteiger partial charge < -0.3 is 10.1 Å². The third-order valence-corrected chi connectivity index (χ3v) is 7.11. The van der Waals surface area contributed by atoms with Crippen LogP contribution in [-0.2, 0) is 27.9 Å². The van der Waals surface area contributed by atoms with E-state index in [9.17, 15) is 13.2 Å². The van der Waals surface area contributed by atoms with Crippen LogP contribution in [0.5, 0.6) is 5.75 Å². The first kappa shape index (κ1) is 23.8. The highest BCUT2D eigenvalue weighted by Crippen LogP contribution is 2.22. The summed E-state index contributed by atoms with van der Waals surface area (Å²) in [6.45, 7) is 1.88. The number of halogens is 1. The lowest BCUT2D eigenvalue weighted by Crippen LogP contribution is -2.40. The lowest BCUT2D eigenvalue weighted by molar-refractivity contribution is -0.121. The van der Waals surface area contributed by atoms with Gasteiger partial charge in [-0.15, -0.1) is 0 Å². The maximum atomic E-state index is 13.4. The fraction of sp³-hybridized carbons (Fsp3) is 0.208. The highest BCUT2D eigenvalue weighted by atomic mass is 35.5. The van der Waals surface area contributed by atoms with Gasteiger partial charge >= 0.3 is 0 Å². The largest absolute Gasteiger partial charge is 0.496 e. The Hall–Kier alpha value is -2.87. The summed E-state index contributed by atoms with van der Waals surface area (Å²) >= 11 is 5.92. The van der Waals surface area contributed by atoms with E-state index in [4.69, 9.17) is 16.3 Å². The van der Waals surface area contributed by atoms with Crippen molar-refractivity contribution in [3.8, 4) is 5.75 Å². The summed E-state index contributed by atoms with van der Waals surface area (Å²) in [6, 6.07) is 20.7. The van der Waals surface area contributed by atoms with E-state index in [0.29, 0.717) is 10.8 Å². The van der Waals surface area contributed by atoms with Crippen LogP contribution in [0.25, 0.3) is 0 Å². The molecule has 0 atom stereocenters. The van der Waals surface area contributed by atoms with Crippen molar-refractivity contribution in [1.29, 1.82) is 0 Å². The predicted octanol–water partition coefficient (Wildman–Crippen LogP) is 4.16. The van der Waals surface area contributed by atoms with Crippen molar-refractivity contribution in [3.63, 3.8) is 0 Å². The Morgan fingerprint density at radius 3 is 2.25 bits per heavy atom. The van der Waals surface area contributed by atoms with Gasteiger partial charge in [0, 0.05) is 23.7 Å². The molecule has 0 unspecified atom stereocenters. The normalized spacial score (nSPS) is 11.4. The van der Waals surface area contributed by atoms with Crippen LogP contribution < -0.4 is 10.1 Å². The second kappa shape index (κ2) is 10.6. The van der Waals surface area contributed by atoms with Gasteiger partial charge in [0.1, 0.15) is 5.75 Å². The molecule has 0 aliphatic rings. The Bertz CT molecular complexity index is 1180. The van der Waals surface area contributed by atoms with Gasteiger partial charge in [-0.05, 0) is 48.4 Å². The lowest BCUT2D eigenvalue weighted by atomic mass is 10.1. The molecule has 0 aromatic heterocycles. The minimum absolute atomic E-state index is 0.0692. The summed E-state index contributed by atoms with van der Waals surface area (Å²) < 4.78 is 33.2. The van der Waals surface area contributed by atoms with E-state index in [1.807, 2.05) is 49.4 Å². The molecule has 0 saturated heterocycles. The smallest absolute Gasteiger partial charge is 0.243 e. The van der Waals surface area contributed by atoms with Crippen molar-refractivity contribution in [1.82, 2.24) is 9.62 Å². The summed E-state index contributed by atoms with van der Waals surface area (Å²) in [5, 5.41) is 3.23. The lowest BCUT2D eigenvalue weighted by Gasteiger charge is -2.23. The molecule has 0 bridgehead atoms. The number of hydrogen-bond acceptors (Lipinski definition) is 4. The van der Waals surface area contributed by atoms with Crippen LogP contribution in [0.4, 0.5) is 0 Å². The number of nitrogens with one attached hydrogen (secondary N) is 1. The number of hydrogen-bond donors (Lipinski definition) is 1. The molecule has 32 heavy (non-hydrogen) atoms. The first-order chi connectivity index (χ1) is 15.3. The van der Waals surface area contributed by atoms with Crippen LogP contribution in [0.2, 0.25) is 5.02 Å². The van der Waals surface area contributed by atoms with Crippen molar-refractivity contribution in [2.75, 3.05) is 13.7 Å². The molecule has 0 spiro atoms. The van der Waals surface area contributed by atoms with E-state index in [2.05, 4.69) is 5.32 Å². The third-order valence-electron chi connectivity index (χ3n) is 5.05. The quantitative estimate of drug-likeness (QED) is 0.507. The Balaban J connectivity index is 1.82. The minimum atomic E-state index is -3.93. The average Bonchev–Trinajstić information content (AvgIpc) is 2.79. The molecule has 3 rings (SSSR count). The number of carbonyl (C=O) groups excluding carboxylic acids is 1. The van der Waals surface area contributed by atoms with Crippen molar-refractivity contribution in [2.45, 2.75) is 24.9 Å². The van der Waals surface area contributed by atoms with Gasteiger partial charge in [-0.3, -0.25) is 4.79 Å². The Labute approximate surface area is 193 Å². The number of sulfonamides is 1. The maximum absolute atomic E-state index is 13.4. The fourth-order valence-corrected chi connectivity index (χ4v) is 4.72. The number of amides is 1. The number of aryl methyl sites for hydroxylation is 1. The van der Waals surface area contributed by atoms with Gasteiger partial charge in [0.25, 0.3) is 0 Å². The van der Waals surface area contributed by atoms with Gasteiger partial charge in [0.2, 0.25) is 15.9 Å². The molecule has 0 radical (unpaired) electrons. The summed E-state index contributed by atoms with van der Waals surface area (Å²) in [7, 11) is -2.38. The monoisotopic (exact) mass is 472 g/mol. The second-order valence-corrected chi connectivity index (χ2v) is 9.62. The second-order valence-electron chi connectivity index (χ2n) is 7.24. The van der Waals surface area contributed by atoms with Gasteiger partial charge in [-0.1, -0.05) is 54.1 Å². The SMILES string of the molecule is COc1ccccc1CNC(=O)CN(Cc1ccccc1C)S(=O)(=O)c1ccc(Cl)cc1. The van der Waals surface area contributed by atoms with Gasteiger partial charge in [0.05, 0.1) is 18.6 Å². The summed E-state index contributed by atoms with van der Waals surface area (Å²) in [4.78, 5) is 12.8. The molecular weight excluding hydrogens is 448 g/mol. The topological polar surface area (TPSA) is 75.7 Å². The molecule has 1 amide bonds. The number of para-hydroxylation sites is 1. The zero-order chi connectivity index (χ0) is 23.1. The molecule has 1 N–H and O–H groups in total. The molecule has 168 valence electrons. The molecule has 0 aliphatic heterocycles. The molecule has 0 heterocycles. The zero-order valence-electron chi connectivity index (χ0n) is 17.9. The van der Waals surface area contributed by atoms with Crippen LogP contribution >= 0.6 is 11.6 Å². The Morgan fingerprint density at radius 1 is 0.969 bits per heavy atom. The van der Waals surface area contributed by atoms with Gasteiger partial charge in [-0.25, -0.2) is 8.42 Å². The number of ether oxygens (including phenoxy) is 1. The molecule has 6 nitrogen and oxygen atoms in total. The molecule has 0 aliphatic carbocycles. The number of carbonyl (C=O) groups is 1. The molecule has 3 aromatic carbocycles. The standard InChI is InChI=1S/C24H25ClN2O4S/c1-18-7-3-4-9-20(18)16-27(32(29,30)22-13-11-21(25)12-14-22)17-24(28)26-15-19-8-5-6-10-23(19)31-2/h3-14H,15-17H2,1-2H3,(H,26,28). The van der Waals surface area contributed by atoms with E-state index >= 15 is 0 Å². The molecule has 0 saturated carbocycles. The first-order valence-electron chi connectivity index (χ1n) is 10.00. The number of methoxy groups -OCH3 is 1. The highest BCUT2D eigenvalue weighted by molar-refractivity contribution is 7.89. The summed E-state index contributed by atoms with van der Waals surface area (Å²) in [5.74, 6) is 0.236. The van der Waals surface area contributed by atoms with E-state index < -0.39 is 15.9 Å². The van der Waals surface area contributed by atoms with Crippen molar-refractivity contribution >= 4 is 27.5 Å². The highest BCUT2D eigenvalue weighted by Gasteiger charge is 2.27. The molecule has 8 heteroatoms. The molecular formula is C24H25ClN2O4S. The third kappa shape index (κ3) is 5.88. The number of nitrogens with zero attached hydrogens (tertiary/aromatic N) is 1. The number of benzene rings is 3. The van der Waals surface area contributed by atoms with Crippen LogP contribution in [0.1, 0.15) is 16.7 Å². The van der Waals surface area contributed by atoms with Crippen LogP contribution in [0.15, 0.2) is 77.7 Å². The fourth-order valence-electron chi connectivity index (χ4n) is 3.22. The van der Waals surface area contributed by atoms with Crippen LogP contribution in [-0.4, -0.2) is 32.3 Å². The zero-order valence-corrected chi connectivity index (χ0v) is 19.5. The van der Waals surface area contributed by atoms with E-state index in [-0.39, 0.29) is 24.5 Å². The molecule has 0 fully saturated rings. The van der Waals surface area contributed by atoms with E-state index in [0.717, 1.165) is 16.7 Å². The minimum Gasteiger partial charge on any atom is -0.496 e. The maximum Gasteiger partial charge on any atom is 0.243 e. The Morgan fingerprint density at radius 2 is 1.59 bits per heavy atom. The van der Waals surface area contributed by atoms with Gasteiger partial charge in [-0.2, -0.15) is 4.31 Å². The summed E-state index contributed by atoms with van der Waals surface area (Å²) in [5.41, 5.74) is 2.56. The number of rotatable bonds is 9. The predicted molar refractivity (Wildman–Crippen MR) is 125 cm³/mol. The van der Waals surface area contributed by atoms with Crippen molar-refractivity contribution < 1.29 is 17.9 Å².